The number of methoxy groups -OCH3 is 1. The van der Waals surface area contributed by atoms with Gasteiger partial charge in [0.25, 0.3) is 0 Å². The number of nitrogens with one attached hydrogen (secondary N) is 1. The largest absolute Gasteiger partial charge is 0.573 e. The van der Waals surface area contributed by atoms with E-state index in [1.54, 1.807) is 7.11 Å². The van der Waals surface area contributed by atoms with Crippen molar-refractivity contribution in [2.75, 3.05) is 12.4 Å². The molecule has 3 aromatic rings. The minimum Gasteiger partial charge on any atom is -0.497 e. The van der Waals surface area contributed by atoms with Crippen LogP contribution in [0.2, 0.25) is 0 Å². The van der Waals surface area contributed by atoms with Crippen molar-refractivity contribution < 1.29 is 22.6 Å². The third-order valence-corrected chi connectivity index (χ3v) is 3.87. The first-order valence-corrected chi connectivity index (χ1v) is 7.32. The Morgan fingerprint density at radius 2 is 1.74 bits per heavy atom. The first kappa shape index (κ1) is 15.4. The van der Waals surface area contributed by atoms with Crippen LogP contribution in [-0.2, 0) is 0 Å². The van der Waals surface area contributed by atoms with E-state index in [-0.39, 0.29) is 5.75 Å². The lowest BCUT2D eigenvalue weighted by Crippen LogP contribution is -2.16. The fraction of sp³-hybridized carbons (Fsp3) is 0.133. The Labute approximate surface area is 133 Å². The Bertz CT molecular complexity index is 816. The number of hydrogen-bond acceptors (Lipinski definition) is 5. The van der Waals surface area contributed by atoms with Gasteiger partial charge in [0, 0.05) is 5.69 Å². The molecule has 0 amide bonds. The predicted molar refractivity (Wildman–Crippen MR) is 82.6 cm³/mol. The highest BCUT2D eigenvalue weighted by Gasteiger charge is 2.30. The Balaban J connectivity index is 1.76. The van der Waals surface area contributed by atoms with Crippen molar-refractivity contribution in [2.24, 2.45) is 0 Å². The second-order valence-electron chi connectivity index (χ2n) is 4.55. The van der Waals surface area contributed by atoms with Gasteiger partial charge in [0.05, 0.1) is 17.3 Å². The molecule has 2 aromatic carbocycles. The summed E-state index contributed by atoms with van der Waals surface area (Å²) >= 11 is 1.42. The van der Waals surface area contributed by atoms with Crippen molar-refractivity contribution in [2.45, 2.75) is 6.36 Å². The molecule has 0 fully saturated rings. The van der Waals surface area contributed by atoms with Gasteiger partial charge in [-0.2, -0.15) is 0 Å². The van der Waals surface area contributed by atoms with Crippen LogP contribution in [0.25, 0.3) is 10.2 Å². The number of alkyl halides is 3. The minimum atomic E-state index is -4.69. The van der Waals surface area contributed by atoms with Crippen molar-refractivity contribution in [1.82, 2.24) is 4.98 Å². The molecule has 0 bridgehead atoms. The predicted octanol–water partition coefficient (Wildman–Crippen LogP) is 4.95. The molecular weight excluding hydrogens is 329 g/mol. The molecule has 0 saturated carbocycles. The fourth-order valence-electron chi connectivity index (χ4n) is 1.95. The van der Waals surface area contributed by atoms with Crippen LogP contribution in [0, 0.1) is 0 Å². The van der Waals surface area contributed by atoms with Crippen molar-refractivity contribution in [1.29, 1.82) is 0 Å². The maximum atomic E-state index is 12.1. The van der Waals surface area contributed by atoms with E-state index in [0.29, 0.717) is 10.8 Å². The van der Waals surface area contributed by atoms with E-state index < -0.39 is 6.36 Å². The first-order valence-electron chi connectivity index (χ1n) is 6.50. The van der Waals surface area contributed by atoms with Gasteiger partial charge in [-0.1, -0.05) is 11.3 Å². The maximum Gasteiger partial charge on any atom is 0.573 e. The molecule has 3 rings (SSSR count). The van der Waals surface area contributed by atoms with Crippen LogP contribution < -0.4 is 14.8 Å². The van der Waals surface area contributed by atoms with Crippen molar-refractivity contribution in [3.8, 4) is 11.5 Å². The molecule has 0 aliphatic carbocycles. The maximum absolute atomic E-state index is 12.1. The molecule has 0 radical (unpaired) electrons. The van der Waals surface area contributed by atoms with E-state index in [9.17, 15) is 13.2 Å². The molecule has 0 saturated heterocycles. The van der Waals surface area contributed by atoms with Gasteiger partial charge in [-0.3, -0.25) is 0 Å². The summed E-state index contributed by atoms with van der Waals surface area (Å²) in [4.78, 5) is 4.41. The quantitative estimate of drug-likeness (QED) is 0.730. The molecule has 0 atom stereocenters. The van der Waals surface area contributed by atoms with E-state index >= 15 is 0 Å². The summed E-state index contributed by atoms with van der Waals surface area (Å²) in [6.07, 6.45) is -4.69. The lowest BCUT2D eigenvalue weighted by Gasteiger charge is -2.09. The highest BCUT2D eigenvalue weighted by molar-refractivity contribution is 7.22. The van der Waals surface area contributed by atoms with Gasteiger partial charge < -0.3 is 14.8 Å². The van der Waals surface area contributed by atoms with Crippen molar-refractivity contribution in [3.05, 3.63) is 42.5 Å². The summed E-state index contributed by atoms with van der Waals surface area (Å²) in [7, 11) is 1.59. The molecule has 1 N–H and O–H groups in total. The summed E-state index contributed by atoms with van der Waals surface area (Å²) < 4.78 is 46.3. The number of rotatable bonds is 4. The third-order valence-electron chi connectivity index (χ3n) is 2.93. The second kappa shape index (κ2) is 5.96. The minimum absolute atomic E-state index is 0.267. The fourth-order valence-corrected chi connectivity index (χ4v) is 2.86. The van der Waals surface area contributed by atoms with E-state index in [4.69, 9.17) is 4.74 Å². The number of hydrogen-bond donors (Lipinski definition) is 1. The second-order valence-corrected chi connectivity index (χ2v) is 5.58. The Kier molecular flexibility index (Phi) is 3.99. The van der Waals surface area contributed by atoms with E-state index in [0.717, 1.165) is 16.0 Å². The number of ether oxygens (including phenoxy) is 2. The summed E-state index contributed by atoms with van der Waals surface area (Å²) in [5.74, 6) is 0.471. The summed E-state index contributed by atoms with van der Waals surface area (Å²) in [6.45, 7) is 0. The zero-order valence-corrected chi connectivity index (χ0v) is 12.7. The lowest BCUT2D eigenvalue weighted by molar-refractivity contribution is -0.274. The van der Waals surface area contributed by atoms with Crippen LogP contribution in [0.3, 0.4) is 0 Å². The van der Waals surface area contributed by atoms with Crippen LogP contribution in [0.5, 0.6) is 11.5 Å². The van der Waals surface area contributed by atoms with Gasteiger partial charge in [0.15, 0.2) is 5.13 Å². The zero-order valence-electron chi connectivity index (χ0n) is 11.8. The SMILES string of the molecule is COc1ccc2nc(Nc3ccc(OC(F)(F)F)cc3)sc2c1. The molecule has 23 heavy (non-hydrogen) atoms. The Hall–Kier alpha value is -2.48. The van der Waals surface area contributed by atoms with Crippen LogP contribution in [0.4, 0.5) is 24.0 Å². The van der Waals surface area contributed by atoms with E-state index in [1.807, 2.05) is 18.2 Å². The molecule has 8 heteroatoms. The van der Waals surface area contributed by atoms with Gasteiger partial charge in [-0.25, -0.2) is 4.98 Å². The molecule has 0 spiro atoms. The molecule has 0 aliphatic heterocycles. The first-order chi connectivity index (χ1) is 10.9. The molecule has 0 aliphatic rings. The van der Waals surface area contributed by atoms with Gasteiger partial charge in [-0.15, -0.1) is 13.2 Å². The number of halogens is 3. The van der Waals surface area contributed by atoms with Crippen LogP contribution >= 0.6 is 11.3 Å². The summed E-state index contributed by atoms with van der Waals surface area (Å²) in [5.41, 5.74) is 1.43. The average molecular weight is 340 g/mol. The van der Waals surface area contributed by atoms with Gasteiger partial charge in [0.1, 0.15) is 11.5 Å². The normalized spacial score (nSPS) is 11.5. The van der Waals surface area contributed by atoms with Gasteiger partial charge in [0.2, 0.25) is 0 Å². The third kappa shape index (κ3) is 3.84. The number of benzene rings is 2. The molecule has 1 heterocycles. The van der Waals surface area contributed by atoms with Crippen molar-refractivity contribution >= 4 is 32.4 Å². The number of fused-ring (bicyclic) bond motifs is 1. The molecule has 1 aromatic heterocycles. The van der Waals surface area contributed by atoms with Crippen LogP contribution in [-0.4, -0.2) is 18.5 Å². The highest BCUT2D eigenvalue weighted by Crippen LogP contribution is 2.31. The standard InChI is InChI=1S/C15H11F3N2O2S/c1-21-11-6-7-12-13(8-11)23-14(20-12)19-9-2-4-10(5-3-9)22-15(16,17)18/h2-8H,1H3,(H,19,20). The summed E-state index contributed by atoms with van der Waals surface area (Å²) in [5, 5.41) is 3.69. The molecule has 120 valence electrons. The van der Waals surface area contributed by atoms with Crippen LogP contribution in [0.1, 0.15) is 0 Å². The summed E-state index contributed by atoms with van der Waals surface area (Å²) in [6, 6.07) is 11.0. The molecule has 4 nitrogen and oxygen atoms in total. The number of aromatic nitrogens is 1. The highest BCUT2D eigenvalue weighted by atomic mass is 32.1. The number of thiazole rings is 1. The Morgan fingerprint density at radius 3 is 2.39 bits per heavy atom. The molecular formula is C15H11F3N2O2S. The average Bonchev–Trinajstić information content (AvgIpc) is 2.89. The van der Waals surface area contributed by atoms with Crippen LogP contribution in [0.15, 0.2) is 42.5 Å². The number of nitrogens with zero attached hydrogens (tertiary/aromatic N) is 1. The lowest BCUT2D eigenvalue weighted by atomic mass is 10.3. The van der Waals surface area contributed by atoms with Crippen molar-refractivity contribution in [3.63, 3.8) is 0 Å². The molecule has 0 unspecified atom stereocenters. The van der Waals surface area contributed by atoms with E-state index in [1.165, 1.54) is 35.6 Å². The topological polar surface area (TPSA) is 43.4 Å². The smallest absolute Gasteiger partial charge is 0.497 e. The van der Waals surface area contributed by atoms with Gasteiger partial charge in [-0.05, 0) is 42.5 Å². The van der Waals surface area contributed by atoms with E-state index in [2.05, 4.69) is 15.0 Å². The number of anilines is 2. The zero-order chi connectivity index (χ0) is 16.4. The monoisotopic (exact) mass is 340 g/mol. The Morgan fingerprint density at radius 1 is 1.04 bits per heavy atom. The van der Waals surface area contributed by atoms with Gasteiger partial charge >= 0.3 is 6.36 Å².